The van der Waals surface area contributed by atoms with Crippen molar-refractivity contribution < 1.29 is 0 Å². The maximum absolute atomic E-state index is 2.43. The largest absolute Gasteiger partial charge is 0.309 e. The number of hydrogen-bond acceptors (Lipinski definition) is 2. The Morgan fingerprint density at radius 2 is 0.828 bits per heavy atom. The first-order chi connectivity index (χ1) is 28.8. The molecular weight excluding hydrogens is 719 g/mol. The highest BCUT2D eigenvalue weighted by atomic mass is 32.1. The zero-order chi connectivity index (χ0) is 38.4. The molecule has 0 aliphatic carbocycles. The van der Waals surface area contributed by atoms with E-state index in [-0.39, 0.29) is 0 Å². The number of thiophene rings is 1. The van der Waals surface area contributed by atoms with Crippen LogP contribution in [0.3, 0.4) is 0 Å². The van der Waals surface area contributed by atoms with Crippen molar-refractivity contribution in [3.05, 3.63) is 224 Å². The minimum Gasteiger partial charge on any atom is -0.309 e. The molecule has 0 atom stereocenters. The van der Waals surface area contributed by atoms with Gasteiger partial charge >= 0.3 is 0 Å². The van der Waals surface area contributed by atoms with Gasteiger partial charge in [-0.1, -0.05) is 182 Å². The van der Waals surface area contributed by atoms with E-state index in [0.717, 1.165) is 11.4 Å². The van der Waals surface area contributed by atoms with Gasteiger partial charge in [-0.05, 0) is 109 Å². The highest BCUT2D eigenvalue weighted by Crippen LogP contribution is 2.46. The van der Waals surface area contributed by atoms with Gasteiger partial charge in [0, 0.05) is 26.8 Å². The second-order valence-corrected chi connectivity index (χ2v) is 15.9. The summed E-state index contributed by atoms with van der Waals surface area (Å²) in [6.45, 7) is 0. The van der Waals surface area contributed by atoms with Gasteiger partial charge in [0.2, 0.25) is 0 Å². The number of nitrogens with zero attached hydrogens (tertiary/aromatic N) is 1. The maximum atomic E-state index is 2.43. The lowest BCUT2D eigenvalue weighted by molar-refractivity contribution is 1.30. The molecule has 1 aromatic heterocycles. The van der Waals surface area contributed by atoms with E-state index in [1.165, 1.54) is 91.9 Å². The lowest BCUT2D eigenvalue weighted by Gasteiger charge is -2.26. The Labute approximate surface area is 342 Å². The predicted molar refractivity (Wildman–Crippen MR) is 251 cm³/mol. The Morgan fingerprint density at radius 1 is 0.310 bits per heavy atom. The van der Waals surface area contributed by atoms with Crippen LogP contribution in [0.25, 0.3) is 86.2 Å². The van der Waals surface area contributed by atoms with E-state index < -0.39 is 0 Å². The first-order valence-electron chi connectivity index (χ1n) is 19.8. The molecule has 0 N–H and O–H groups in total. The highest BCUT2D eigenvalue weighted by Gasteiger charge is 2.19. The Hall–Kier alpha value is -7.26. The summed E-state index contributed by atoms with van der Waals surface area (Å²) in [5, 5.41) is 7.60. The highest BCUT2D eigenvalue weighted by molar-refractivity contribution is 7.26. The molecule has 0 saturated carbocycles. The summed E-state index contributed by atoms with van der Waals surface area (Å²) >= 11 is 1.87. The molecule has 0 fully saturated rings. The lowest BCUT2D eigenvalue weighted by atomic mass is 9.91. The van der Waals surface area contributed by atoms with Gasteiger partial charge in [-0.3, -0.25) is 0 Å². The van der Waals surface area contributed by atoms with Crippen molar-refractivity contribution in [2.24, 2.45) is 0 Å². The van der Waals surface area contributed by atoms with Crippen molar-refractivity contribution in [1.29, 1.82) is 0 Å². The van der Waals surface area contributed by atoms with Crippen molar-refractivity contribution in [1.82, 2.24) is 0 Å². The Balaban J connectivity index is 1.02. The summed E-state index contributed by atoms with van der Waals surface area (Å²) in [6.07, 6.45) is 0. The SMILES string of the molecule is c1ccc(-c2cccc3cc(-c4ccc(N(c5ccc(-c6cccc7cccc(-c8ccccc8)c67)cc5)c5cccc6c5sc5ccccc56)cc4)ccc23)cc1. The number of rotatable bonds is 7. The minimum absolute atomic E-state index is 1.11. The van der Waals surface area contributed by atoms with E-state index >= 15 is 0 Å². The molecule has 11 rings (SSSR count). The third-order valence-corrected chi connectivity index (χ3v) is 12.7. The normalized spacial score (nSPS) is 11.4. The van der Waals surface area contributed by atoms with Crippen LogP contribution >= 0.6 is 11.3 Å². The van der Waals surface area contributed by atoms with Gasteiger partial charge in [0.1, 0.15) is 0 Å². The molecule has 2 heteroatoms. The van der Waals surface area contributed by atoms with Crippen LogP contribution in [-0.4, -0.2) is 0 Å². The number of hydrogen-bond donors (Lipinski definition) is 0. The number of fused-ring (bicyclic) bond motifs is 5. The Morgan fingerprint density at radius 3 is 1.52 bits per heavy atom. The second-order valence-electron chi connectivity index (χ2n) is 14.9. The van der Waals surface area contributed by atoms with Gasteiger partial charge < -0.3 is 4.90 Å². The standard InChI is InChI=1S/C56H37NS/c1-3-13-39(14-4-1)47-21-11-19-44-37-43(31-36-48(44)47)38-27-32-45(33-28-38)57(53-25-12-24-52-51-20-7-8-26-54(51)58-56(52)53)46-34-29-41(30-35-46)50-23-10-18-42-17-9-22-49(55(42)50)40-15-5-2-6-16-40/h1-37H. The molecule has 0 radical (unpaired) electrons. The van der Waals surface area contributed by atoms with Gasteiger partial charge in [0.15, 0.2) is 0 Å². The van der Waals surface area contributed by atoms with Gasteiger partial charge in [-0.2, -0.15) is 0 Å². The molecule has 10 aromatic carbocycles. The molecule has 58 heavy (non-hydrogen) atoms. The predicted octanol–water partition coefficient (Wildman–Crippen LogP) is 16.5. The van der Waals surface area contributed by atoms with Gasteiger partial charge in [-0.15, -0.1) is 11.3 Å². The third kappa shape index (κ3) is 5.94. The fraction of sp³-hybridized carbons (Fsp3) is 0. The zero-order valence-corrected chi connectivity index (χ0v) is 32.5. The van der Waals surface area contributed by atoms with E-state index in [9.17, 15) is 0 Å². The van der Waals surface area contributed by atoms with Crippen LogP contribution in [0, 0.1) is 0 Å². The summed E-state index contributed by atoms with van der Waals surface area (Å²) in [7, 11) is 0. The molecular formula is C56H37NS. The summed E-state index contributed by atoms with van der Waals surface area (Å²) < 4.78 is 2.58. The molecule has 0 spiro atoms. The van der Waals surface area contributed by atoms with Crippen molar-refractivity contribution in [3.63, 3.8) is 0 Å². The van der Waals surface area contributed by atoms with E-state index in [1.54, 1.807) is 0 Å². The maximum Gasteiger partial charge on any atom is 0.0640 e. The molecule has 0 unspecified atom stereocenters. The molecule has 0 aliphatic rings. The van der Waals surface area contributed by atoms with Crippen LogP contribution in [0.15, 0.2) is 224 Å². The second kappa shape index (κ2) is 14.4. The molecule has 272 valence electrons. The van der Waals surface area contributed by atoms with E-state index in [0.29, 0.717) is 0 Å². The first-order valence-corrected chi connectivity index (χ1v) is 20.7. The lowest BCUT2D eigenvalue weighted by Crippen LogP contribution is -2.10. The van der Waals surface area contributed by atoms with Crippen LogP contribution in [0.4, 0.5) is 17.1 Å². The van der Waals surface area contributed by atoms with Crippen molar-refractivity contribution in [2.45, 2.75) is 0 Å². The molecule has 1 nitrogen and oxygen atoms in total. The monoisotopic (exact) mass is 755 g/mol. The first kappa shape index (κ1) is 34.0. The summed E-state index contributed by atoms with van der Waals surface area (Å²) in [5.41, 5.74) is 13.2. The van der Waals surface area contributed by atoms with Crippen LogP contribution in [0.5, 0.6) is 0 Å². The fourth-order valence-electron chi connectivity index (χ4n) is 8.70. The summed E-state index contributed by atoms with van der Waals surface area (Å²) in [5.74, 6) is 0. The smallest absolute Gasteiger partial charge is 0.0640 e. The third-order valence-electron chi connectivity index (χ3n) is 11.5. The van der Waals surface area contributed by atoms with E-state index in [1.807, 2.05) is 11.3 Å². The summed E-state index contributed by atoms with van der Waals surface area (Å²) in [6, 6.07) is 81.8. The van der Waals surface area contributed by atoms with Crippen LogP contribution < -0.4 is 4.90 Å². The summed E-state index contributed by atoms with van der Waals surface area (Å²) in [4.78, 5) is 2.43. The van der Waals surface area contributed by atoms with Gasteiger partial charge in [-0.25, -0.2) is 0 Å². The van der Waals surface area contributed by atoms with Gasteiger partial charge in [0.05, 0.1) is 10.4 Å². The molecule has 0 amide bonds. The molecule has 1 heterocycles. The number of anilines is 3. The number of benzene rings is 10. The molecule has 0 aliphatic heterocycles. The average Bonchev–Trinajstić information content (AvgIpc) is 3.69. The Bertz CT molecular complexity index is 3250. The molecule has 0 bridgehead atoms. The van der Waals surface area contributed by atoms with E-state index in [4.69, 9.17) is 0 Å². The minimum atomic E-state index is 1.11. The van der Waals surface area contributed by atoms with Crippen LogP contribution in [0.1, 0.15) is 0 Å². The van der Waals surface area contributed by atoms with Crippen molar-refractivity contribution >= 4 is 70.1 Å². The molecule has 11 aromatic rings. The zero-order valence-electron chi connectivity index (χ0n) is 31.7. The van der Waals surface area contributed by atoms with E-state index in [2.05, 4.69) is 229 Å². The fourth-order valence-corrected chi connectivity index (χ4v) is 9.91. The van der Waals surface area contributed by atoms with Crippen molar-refractivity contribution in [2.75, 3.05) is 4.90 Å². The van der Waals surface area contributed by atoms with Crippen LogP contribution in [-0.2, 0) is 0 Å². The topological polar surface area (TPSA) is 3.24 Å². The molecule has 0 saturated heterocycles. The quantitative estimate of drug-likeness (QED) is 0.157. The van der Waals surface area contributed by atoms with Gasteiger partial charge in [0.25, 0.3) is 0 Å². The van der Waals surface area contributed by atoms with Crippen LogP contribution in [0.2, 0.25) is 0 Å². The van der Waals surface area contributed by atoms with Crippen molar-refractivity contribution in [3.8, 4) is 44.5 Å². The Kier molecular flexibility index (Phi) is 8.42. The average molecular weight is 756 g/mol.